The Hall–Kier alpha value is -0.990. The standard InChI is InChI=1S/C16H24N2O/c1-2-3-13-18-15(17)14(19-13)16-7-10-4-11(8-16)6-12(5-10)9-16/h10-12H,2-9,17H2,1H3. The van der Waals surface area contributed by atoms with Crippen LogP contribution in [0.15, 0.2) is 4.42 Å². The molecule has 0 aliphatic heterocycles. The van der Waals surface area contributed by atoms with Crippen molar-refractivity contribution in [1.29, 1.82) is 0 Å². The Morgan fingerprint density at radius 3 is 2.26 bits per heavy atom. The molecule has 104 valence electrons. The Bertz CT molecular complexity index is 456. The van der Waals surface area contributed by atoms with E-state index in [0.29, 0.717) is 5.82 Å². The van der Waals surface area contributed by atoms with Gasteiger partial charge in [0.15, 0.2) is 17.5 Å². The Morgan fingerprint density at radius 2 is 1.74 bits per heavy atom. The van der Waals surface area contributed by atoms with Gasteiger partial charge >= 0.3 is 0 Å². The molecule has 4 saturated carbocycles. The topological polar surface area (TPSA) is 52.0 Å². The van der Waals surface area contributed by atoms with Crippen LogP contribution in [0.25, 0.3) is 0 Å². The fraction of sp³-hybridized carbons (Fsp3) is 0.812. The number of rotatable bonds is 3. The fourth-order valence-electron chi connectivity index (χ4n) is 5.47. The van der Waals surface area contributed by atoms with E-state index < -0.39 is 0 Å². The lowest BCUT2D eigenvalue weighted by Crippen LogP contribution is -2.48. The summed E-state index contributed by atoms with van der Waals surface area (Å²) in [7, 11) is 0. The van der Waals surface area contributed by atoms with Gasteiger partial charge in [0.25, 0.3) is 0 Å². The van der Waals surface area contributed by atoms with E-state index in [1.54, 1.807) is 0 Å². The van der Waals surface area contributed by atoms with Crippen LogP contribution < -0.4 is 5.73 Å². The molecule has 2 N–H and O–H groups in total. The third-order valence-electron chi connectivity index (χ3n) is 5.68. The lowest BCUT2D eigenvalue weighted by molar-refractivity contribution is -0.0151. The van der Waals surface area contributed by atoms with Gasteiger partial charge in [-0.3, -0.25) is 0 Å². The van der Waals surface area contributed by atoms with Crippen molar-refractivity contribution in [2.45, 2.75) is 63.7 Å². The van der Waals surface area contributed by atoms with Gasteiger partial charge in [-0.15, -0.1) is 0 Å². The zero-order chi connectivity index (χ0) is 13.0. The Kier molecular flexibility index (Phi) is 2.49. The molecular formula is C16H24N2O. The molecule has 0 aromatic carbocycles. The maximum atomic E-state index is 6.19. The highest BCUT2D eigenvalue weighted by atomic mass is 16.4. The van der Waals surface area contributed by atoms with Crippen molar-refractivity contribution in [3.63, 3.8) is 0 Å². The molecule has 4 fully saturated rings. The largest absolute Gasteiger partial charge is 0.443 e. The summed E-state index contributed by atoms with van der Waals surface area (Å²) in [5, 5.41) is 0. The molecule has 4 aliphatic carbocycles. The summed E-state index contributed by atoms with van der Waals surface area (Å²) in [6.07, 6.45) is 10.2. The van der Waals surface area contributed by atoms with Crippen molar-refractivity contribution in [2.75, 3.05) is 5.73 Å². The molecule has 0 unspecified atom stereocenters. The second kappa shape index (κ2) is 4.00. The Morgan fingerprint density at radius 1 is 1.16 bits per heavy atom. The van der Waals surface area contributed by atoms with E-state index in [9.17, 15) is 0 Å². The minimum Gasteiger partial charge on any atom is -0.443 e. The lowest BCUT2D eigenvalue weighted by atomic mass is 9.49. The number of nitrogen functional groups attached to an aromatic ring is 1. The van der Waals surface area contributed by atoms with Gasteiger partial charge in [-0.05, 0) is 62.7 Å². The third-order valence-corrected chi connectivity index (χ3v) is 5.68. The number of aryl methyl sites for hydroxylation is 1. The maximum Gasteiger partial charge on any atom is 0.196 e. The fourth-order valence-corrected chi connectivity index (χ4v) is 5.47. The van der Waals surface area contributed by atoms with Crippen molar-refractivity contribution in [3.05, 3.63) is 11.7 Å². The van der Waals surface area contributed by atoms with E-state index in [4.69, 9.17) is 10.2 Å². The highest BCUT2D eigenvalue weighted by Crippen LogP contribution is 2.61. The van der Waals surface area contributed by atoms with Crippen LogP contribution in [0.3, 0.4) is 0 Å². The number of nitrogens with zero attached hydrogens (tertiary/aromatic N) is 1. The van der Waals surface area contributed by atoms with Gasteiger partial charge < -0.3 is 10.2 Å². The monoisotopic (exact) mass is 260 g/mol. The average molecular weight is 260 g/mol. The summed E-state index contributed by atoms with van der Waals surface area (Å²) in [6, 6.07) is 0. The van der Waals surface area contributed by atoms with Gasteiger partial charge in [-0.25, -0.2) is 0 Å². The summed E-state index contributed by atoms with van der Waals surface area (Å²) in [6.45, 7) is 2.16. The highest BCUT2D eigenvalue weighted by Gasteiger charge is 2.54. The molecule has 0 radical (unpaired) electrons. The quantitative estimate of drug-likeness (QED) is 0.902. The van der Waals surface area contributed by atoms with Crippen LogP contribution in [0.2, 0.25) is 0 Å². The first-order valence-corrected chi connectivity index (χ1v) is 7.94. The van der Waals surface area contributed by atoms with Gasteiger partial charge in [0.2, 0.25) is 0 Å². The van der Waals surface area contributed by atoms with Crippen LogP contribution in [-0.2, 0) is 11.8 Å². The molecule has 0 saturated heterocycles. The number of aromatic nitrogens is 1. The van der Waals surface area contributed by atoms with Crippen molar-refractivity contribution in [2.24, 2.45) is 17.8 Å². The number of hydrogen-bond donors (Lipinski definition) is 1. The van der Waals surface area contributed by atoms with E-state index in [-0.39, 0.29) is 5.41 Å². The van der Waals surface area contributed by atoms with Crippen molar-refractivity contribution >= 4 is 5.82 Å². The van der Waals surface area contributed by atoms with Gasteiger partial charge in [0, 0.05) is 11.8 Å². The van der Waals surface area contributed by atoms with Crippen LogP contribution in [0.5, 0.6) is 0 Å². The van der Waals surface area contributed by atoms with Crippen LogP contribution >= 0.6 is 0 Å². The SMILES string of the molecule is CCCc1nc(N)c(C23CC4CC(CC(C4)C2)C3)o1. The van der Waals surface area contributed by atoms with Gasteiger partial charge in [0.1, 0.15) is 0 Å². The second-order valence-electron chi connectivity index (χ2n) is 7.27. The van der Waals surface area contributed by atoms with Crippen molar-refractivity contribution in [3.8, 4) is 0 Å². The van der Waals surface area contributed by atoms with Crippen LogP contribution in [-0.4, -0.2) is 4.98 Å². The smallest absolute Gasteiger partial charge is 0.196 e. The van der Waals surface area contributed by atoms with E-state index in [1.807, 2.05) is 0 Å². The summed E-state index contributed by atoms with van der Waals surface area (Å²) in [5.74, 6) is 5.35. The normalized spacial score (nSPS) is 39.9. The first-order chi connectivity index (χ1) is 9.18. The zero-order valence-corrected chi connectivity index (χ0v) is 11.8. The molecule has 1 aromatic rings. The van der Waals surface area contributed by atoms with Gasteiger partial charge in [0.05, 0.1) is 0 Å². The molecular weight excluding hydrogens is 236 g/mol. The molecule has 19 heavy (non-hydrogen) atoms. The third kappa shape index (κ3) is 1.73. The van der Waals surface area contributed by atoms with Crippen LogP contribution in [0, 0.1) is 17.8 Å². The first-order valence-electron chi connectivity index (χ1n) is 7.94. The predicted molar refractivity (Wildman–Crippen MR) is 74.8 cm³/mol. The molecule has 0 atom stereocenters. The van der Waals surface area contributed by atoms with Gasteiger partial charge in [-0.1, -0.05) is 6.92 Å². The number of hydrogen-bond acceptors (Lipinski definition) is 3. The molecule has 0 amide bonds. The summed E-state index contributed by atoms with van der Waals surface area (Å²) in [4.78, 5) is 4.47. The average Bonchev–Trinajstić information content (AvgIpc) is 2.70. The number of nitrogens with two attached hydrogens (primary N) is 1. The molecule has 3 heteroatoms. The highest BCUT2D eigenvalue weighted by molar-refractivity contribution is 5.40. The van der Waals surface area contributed by atoms with Crippen molar-refractivity contribution < 1.29 is 4.42 Å². The Labute approximate surface area is 115 Å². The first kappa shape index (κ1) is 11.8. The van der Waals surface area contributed by atoms with E-state index in [0.717, 1.165) is 42.2 Å². The summed E-state index contributed by atoms with van der Waals surface area (Å²) >= 11 is 0. The maximum absolute atomic E-state index is 6.19. The summed E-state index contributed by atoms with van der Waals surface area (Å²) in [5.41, 5.74) is 6.44. The molecule has 4 bridgehead atoms. The van der Waals surface area contributed by atoms with Crippen LogP contribution in [0.4, 0.5) is 5.82 Å². The van der Waals surface area contributed by atoms with E-state index in [1.165, 1.54) is 38.5 Å². The minimum absolute atomic E-state index is 0.248. The number of oxazole rings is 1. The molecule has 1 aromatic heterocycles. The molecule has 0 spiro atoms. The molecule has 4 aliphatic rings. The van der Waals surface area contributed by atoms with Crippen LogP contribution in [0.1, 0.15) is 63.5 Å². The molecule has 5 rings (SSSR count). The lowest BCUT2D eigenvalue weighted by Gasteiger charge is -2.55. The second-order valence-corrected chi connectivity index (χ2v) is 7.27. The Balaban J connectivity index is 1.71. The minimum atomic E-state index is 0.248. The molecule has 1 heterocycles. The number of anilines is 1. The summed E-state index contributed by atoms with van der Waals surface area (Å²) < 4.78 is 6.10. The van der Waals surface area contributed by atoms with Crippen molar-refractivity contribution in [1.82, 2.24) is 4.98 Å². The van der Waals surface area contributed by atoms with E-state index >= 15 is 0 Å². The van der Waals surface area contributed by atoms with E-state index in [2.05, 4.69) is 11.9 Å². The van der Waals surface area contributed by atoms with Gasteiger partial charge in [-0.2, -0.15) is 4.98 Å². The molecule has 3 nitrogen and oxygen atoms in total. The predicted octanol–water partition coefficient (Wildman–Crippen LogP) is 3.68. The zero-order valence-electron chi connectivity index (χ0n) is 11.8.